The van der Waals surface area contributed by atoms with Crippen LogP contribution in [0.15, 0.2) is 40.7 Å². The van der Waals surface area contributed by atoms with Crippen molar-refractivity contribution in [2.45, 2.75) is 76.9 Å². The molecule has 4 heterocycles. The lowest BCUT2D eigenvalue weighted by Crippen LogP contribution is -2.60. The predicted molar refractivity (Wildman–Crippen MR) is 134 cm³/mol. The van der Waals surface area contributed by atoms with Crippen LogP contribution in [0, 0.1) is 11.8 Å². The maximum atomic E-state index is 13.8. The van der Waals surface area contributed by atoms with E-state index >= 15 is 0 Å². The van der Waals surface area contributed by atoms with Gasteiger partial charge in [0.25, 0.3) is 5.56 Å². The minimum absolute atomic E-state index is 0.0505. The maximum absolute atomic E-state index is 13.8. The molecule has 3 saturated heterocycles. The van der Waals surface area contributed by atoms with Crippen LogP contribution in [0.4, 0.5) is 0 Å². The summed E-state index contributed by atoms with van der Waals surface area (Å²) in [5, 5.41) is 6.15. The molecule has 3 aliphatic heterocycles. The molecule has 0 spiro atoms. The Bertz CT molecular complexity index is 1200. The number of aromatic nitrogens is 2. The number of fused-ring (bicyclic) bond motifs is 7. The van der Waals surface area contributed by atoms with E-state index in [1.165, 1.54) is 42.5 Å². The highest BCUT2D eigenvalue weighted by atomic mass is 16.2. The van der Waals surface area contributed by atoms with Gasteiger partial charge in [-0.25, -0.2) is 4.68 Å². The van der Waals surface area contributed by atoms with E-state index in [-0.39, 0.29) is 30.0 Å². The Morgan fingerprint density at radius 2 is 1.94 bits per heavy atom. The van der Waals surface area contributed by atoms with E-state index in [4.69, 9.17) is 0 Å². The van der Waals surface area contributed by atoms with Crippen molar-refractivity contribution in [3.63, 3.8) is 0 Å². The summed E-state index contributed by atoms with van der Waals surface area (Å²) in [6, 6.07) is 8.51. The van der Waals surface area contributed by atoms with Crippen molar-refractivity contribution in [3.8, 4) is 0 Å². The van der Waals surface area contributed by atoms with Gasteiger partial charge in [-0.15, -0.1) is 0 Å². The zero-order chi connectivity index (χ0) is 23.4. The summed E-state index contributed by atoms with van der Waals surface area (Å²) in [4.78, 5) is 31.6. The van der Waals surface area contributed by atoms with Crippen molar-refractivity contribution in [3.05, 3.63) is 52.0 Å². The number of likely N-dealkylation sites (tertiary alicyclic amines) is 1. The van der Waals surface area contributed by atoms with Crippen LogP contribution in [-0.4, -0.2) is 57.2 Å². The molecule has 0 radical (unpaired) electrons. The second-order valence-electron chi connectivity index (χ2n) is 11.1. The average molecular weight is 461 g/mol. The number of piperidine rings is 3. The van der Waals surface area contributed by atoms with Crippen LogP contribution in [0.5, 0.6) is 0 Å². The summed E-state index contributed by atoms with van der Waals surface area (Å²) in [5.41, 5.74) is 2.15. The number of carbonyl (C=O) groups is 1. The number of hydrogen-bond acceptors (Lipinski definition) is 4. The fourth-order valence-corrected chi connectivity index (χ4v) is 7.25. The third-order valence-electron chi connectivity index (χ3n) is 8.69. The molecule has 3 fully saturated rings. The van der Waals surface area contributed by atoms with Gasteiger partial charge in [0.2, 0.25) is 5.91 Å². The van der Waals surface area contributed by atoms with Crippen LogP contribution in [0.25, 0.3) is 10.8 Å². The Morgan fingerprint density at radius 3 is 2.76 bits per heavy atom. The molecule has 1 aliphatic carbocycles. The first-order valence-corrected chi connectivity index (χ1v) is 13.3. The molecule has 2 aromatic rings. The van der Waals surface area contributed by atoms with Gasteiger partial charge in [-0.2, -0.15) is 5.10 Å². The SMILES string of the molecule is CC(C)n1nc(CC(=O)N2CCCC3=C[C@H]4C[C@H](CN5CCCC[C@@H]45)[C@@H]32)c2ccccc2c1=O. The van der Waals surface area contributed by atoms with Crippen molar-refractivity contribution in [2.24, 2.45) is 11.8 Å². The van der Waals surface area contributed by atoms with Crippen LogP contribution in [0.1, 0.15) is 64.1 Å². The first kappa shape index (κ1) is 22.0. The van der Waals surface area contributed by atoms with Gasteiger partial charge in [0.1, 0.15) is 0 Å². The lowest BCUT2D eigenvalue weighted by Gasteiger charge is -2.54. The Kier molecular flexibility index (Phi) is 5.59. The van der Waals surface area contributed by atoms with E-state index in [0.29, 0.717) is 17.2 Å². The van der Waals surface area contributed by atoms with E-state index in [1.807, 2.05) is 38.1 Å². The van der Waals surface area contributed by atoms with Gasteiger partial charge in [-0.05, 0) is 70.4 Å². The van der Waals surface area contributed by atoms with Crippen LogP contribution >= 0.6 is 0 Å². The normalized spacial score (nSPS) is 29.0. The molecule has 1 aromatic carbocycles. The van der Waals surface area contributed by atoms with Crippen LogP contribution in [-0.2, 0) is 11.2 Å². The molecule has 2 bridgehead atoms. The Balaban J connectivity index is 1.32. The highest BCUT2D eigenvalue weighted by Gasteiger charge is 2.46. The molecule has 180 valence electrons. The fraction of sp³-hybridized carbons (Fsp3) is 0.607. The highest BCUT2D eigenvalue weighted by Crippen LogP contribution is 2.45. The number of rotatable bonds is 3. The molecular weight excluding hydrogens is 424 g/mol. The molecule has 6 heteroatoms. The minimum atomic E-state index is -0.0818. The molecule has 6 nitrogen and oxygen atoms in total. The first-order valence-electron chi connectivity index (χ1n) is 13.3. The van der Waals surface area contributed by atoms with Gasteiger partial charge in [-0.1, -0.05) is 36.3 Å². The third-order valence-corrected chi connectivity index (χ3v) is 8.69. The van der Waals surface area contributed by atoms with Crippen LogP contribution < -0.4 is 5.56 Å². The molecule has 0 unspecified atom stereocenters. The summed E-state index contributed by atoms with van der Waals surface area (Å²) in [6.45, 7) is 7.10. The van der Waals surface area contributed by atoms with E-state index in [2.05, 4.69) is 21.0 Å². The summed E-state index contributed by atoms with van der Waals surface area (Å²) >= 11 is 0. The first-order chi connectivity index (χ1) is 16.5. The molecule has 34 heavy (non-hydrogen) atoms. The second-order valence-corrected chi connectivity index (χ2v) is 11.1. The lowest BCUT2D eigenvalue weighted by atomic mass is 9.68. The van der Waals surface area contributed by atoms with E-state index < -0.39 is 0 Å². The highest BCUT2D eigenvalue weighted by molar-refractivity contribution is 5.88. The molecule has 0 N–H and O–H groups in total. The number of hydrogen-bond donors (Lipinski definition) is 0. The zero-order valence-electron chi connectivity index (χ0n) is 20.4. The third kappa shape index (κ3) is 3.62. The summed E-state index contributed by atoms with van der Waals surface area (Å²) in [6.07, 6.45) is 10.2. The van der Waals surface area contributed by atoms with E-state index in [0.717, 1.165) is 43.1 Å². The predicted octanol–water partition coefficient (Wildman–Crippen LogP) is 3.94. The van der Waals surface area contributed by atoms with Gasteiger partial charge in [-0.3, -0.25) is 14.5 Å². The van der Waals surface area contributed by atoms with Gasteiger partial charge >= 0.3 is 0 Å². The van der Waals surface area contributed by atoms with Crippen molar-refractivity contribution in [2.75, 3.05) is 19.6 Å². The van der Waals surface area contributed by atoms with Gasteiger partial charge in [0.05, 0.1) is 29.6 Å². The lowest BCUT2D eigenvalue weighted by molar-refractivity contribution is -0.135. The van der Waals surface area contributed by atoms with Crippen molar-refractivity contribution >= 4 is 16.7 Å². The summed E-state index contributed by atoms with van der Waals surface area (Å²) in [5.74, 6) is 1.36. The van der Waals surface area contributed by atoms with E-state index in [9.17, 15) is 9.59 Å². The summed E-state index contributed by atoms with van der Waals surface area (Å²) in [7, 11) is 0. The standard InChI is InChI=1S/C28H36N4O2/c1-18(2)32-28(34)23-10-4-3-9-22(23)24(29-32)16-26(33)31-13-7-8-19-14-20-15-21(27(19)31)17-30-12-6-5-11-25(20)30/h3-4,9-10,14,18,20-21,25,27H,5-8,11-13,15-17H2,1-2H3/t20-,21+,25-,27+/m0/s1. The topological polar surface area (TPSA) is 58.4 Å². The zero-order valence-corrected chi connectivity index (χ0v) is 20.4. The quantitative estimate of drug-likeness (QED) is 0.651. The molecule has 4 aliphatic rings. The molecular formula is C28H36N4O2. The minimum Gasteiger partial charge on any atom is -0.335 e. The number of nitrogens with zero attached hydrogens (tertiary/aromatic N) is 4. The molecule has 0 saturated carbocycles. The number of carbonyl (C=O) groups excluding carboxylic acids is 1. The van der Waals surface area contributed by atoms with Crippen molar-refractivity contribution in [1.82, 2.24) is 19.6 Å². The van der Waals surface area contributed by atoms with Crippen LogP contribution in [0.3, 0.4) is 0 Å². The van der Waals surface area contributed by atoms with Crippen molar-refractivity contribution < 1.29 is 4.79 Å². The number of benzene rings is 1. The van der Waals surface area contributed by atoms with Gasteiger partial charge in [0.15, 0.2) is 0 Å². The van der Waals surface area contributed by atoms with Crippen molar-refractivity contribution in [1.29, 1.82) is 0 Å². The molecule has 1 amide bonds. The average Bonchev–Trinajstić information content (AvgIpc) is 2.85. The molecule has 6 rings (SSSR count). The second kappa shape index (κ2) is 8.63. The fourth-order valence-electron chi connectivity index (χ4n) is 7.25. The van der Waals surface area contributed by atoms with Gasteiger partial charge < -0.3 is 4.90 Å². The molecule has 4 atom stereocenters. The Labute approximate surface area is 201 Å². The monoisotopic (exact) mass is 460 g/mol. The van der Waals surface area contributed by atoms with E-state index in [1.54, 1.807) is 0 Å². The number of amides is 1. The smallest absolute Gasteiger partial charge is 0.274 e. The largest absolute Gasteiger partial charge is 0.335 e. The molecule has 1 aromatic heterocycles. The van der Waals surface area contributed by atoms with Gasteiger partial charge in [0, 0.05) is 24.5 Å². The Hall–Kier alpha value is -2.47. The Morgan fingerprint density at radius 1 is 1.12 bits per heavy atom. The maximum Gasteiger partial charge on any atom is 0.274 e. The van der Waals surface area contributed by atoms with Crippen LogP contribution in [0.2, 0.25) is 0 Å². The summed E-state index contributed by atoms with van der Waals surface area (Å²) < 4.78 is 1.54.